The minimum absolute atomic E-state index is 0.186. The van der Waals surface area contributed by atoms with E-state index >= 15 is 0 Å². The van der Waals surface area contributed by atoms with Crippen molar-refractivity contribution in [2.45, 2.75) is 27.7 Å². The lowest BCUT2D eigenvalue weighted by atomic mass is 10.0. The van der Waals surface area contributed by atoms with Crippen LogP contribution in [0.4, 0.5) is 0 Å². The van der Waals surface area contributed by atoms with Crippen molar-refractivity contribution in [3.8, 4) is 5.69 Å². The smallest absolute Gasteiger partial charge is 0.328 e. The van der Waals surface area contributed by atoms with Crippen molar-refractivity contribution in [3.63, 3.8) is 0 Å². The fourth-order valence-corrected chi connectivity index (χ4v) is 2.73. The SMILES string of the molecule is Cc1cc(C)c(-n2cc(/C=C/C(=O)O)c(=O)cc2C)c(C)c1. The number of carbonyl (C=O) groups is 1. The number of aliphatic carboxylic acids is 1. The highest BCUT2D eigenvalue weighted by Gasteiger charge is 2.09. The molecule has 1 aromatic carbocycles. The van der Waals surface area contributed by atoms with Gasteiger partial charge in [0.2, 0.25) is 0 Å². The Bertz CT molecular complexity index is 806. The second-order valence-corrected chi connectivity index (χ2v) is 5.52. The Morgan fingerprint density at radius 3 is 2.23 bits per heavy atom. The zero-order chi connectivity index (χ0) is 16.4. The molecule has 0 fully saturated rings. The Morgan fingerprint density at radius 2 is 1.68 bits per heavy atom. The molecule has 0 saturated heterocycles. The number of hydrogen-bond donors (Lipinski definition) is 1. The molecule has 0 aliphatic heterocycles. The van der Waals surface area contributed by atoms with Gasteiger partial charge < -0.3 is 9.67 Å². The number of hydrogen-bond acceptors (Lipinski definition) is 2. The first-order valence-corrected chi connectivity index (χ1v) is 7.02. The van der Waals surface area contributed by atoms with Crippen LogP contribution in [0.3, 0.4) is 0 Å². The summed E-state index contributed by atoms with van der Waals surface area (Å²) < 4.78 is 1.94. The number of pyridine rings is 1. The average Bonchev–Trinajstić information content (AvgIpc) is 2.38. The van der Waals surface area contributed by atoms with Crippen molar-refractivity contribution in [2.75, 3.05) is 0 Å². The summed E-state index contributed by atoms with van der Waals surface area (Å²) in [6.07, 6.45) is 4.01. The normalized spacial score (nSPS) is 11.1. The summed E-state index contributed by atoms with van der Waals surface area (Å²) in [7, 11) is 0. The molecular formula is C18H19NO3. The van der Waals surface area contributed by atoms with Crippen LogP contribution in [-0.4, -0.2) is 15.6 Å². The zero-order valence-corrected chi connectivity index (χ0v) is 13.2. The molecule has 0 amide bonds. The molecule has 4 nitrogen and oxygen atoms in total. The van der Waals surface area contributed by atoms with E-state index < -0.39 is 5.97 Å². The van der Waals surface area contributed by atoms with E-state index in [2.05, 4.69) is 12.1 Å². The second kappa shape index (κ2) is 6.02. The number of aryl methyl sites for hydroxylation is 4. The first-order valence-electron chi connectivity index (χ1n) is 7.02. The third kappa shape index (κ3) is 3.17. The van der Waals surface area contributed by atoms with Crippen LogP contribution in [-0.2, 0) is 4.79 Å². The lowest BCUT2D eigenvalue weighted by Crippen LogP contribution is -2.13. The van der Waals surface area contributed by atoms with E-state index in [1.54, 1.807) is 6.20 Å². The van der Waals surface area contributed by atoms with Crippen LogP contribution in [0.15, 0.2) is 35.3 Å². The zero-order valence-electron chi connectivity index (χ0n) is 13.2. The predicted molar refractivity (Wildman–Crippen MR) is 87.7 cm³/mol. The summed E-state index contributed by atoms with van der Waals surface area (Å²) >= 11 is 0. The van der Waals surface area contributed by atoms with Crippen molar-refractivity contribution in [1.29, 1.82) is 0 Å². The Hall–Kier alpha value is -2.62. The highest BCUT2D eigenvalue weighted by molar-refractivity contribution is 5.85. The average molecular weight is 297 g/mol. The Labute approximate surface area is 129 Å². The molecular weight excluding hydrogens is 278 g/mol. The van der Waals surface area contributed by atoms with Gasteiger partial charge in [0, 0.05) is 29.6 Å². The van der Waals surface area contributed by atoms with Crippen molar-refractivity contribution in [2.24, 2.45) is 0 Å². The minimum Gasteiger partial charge on any atom is -0.478 e. The van der Waals surface area contributed by atoms with Gasteiger partial charge in [-0.05, 0) is 44.9 Å². The third-order valence-corrected chi connectivity index (χ3v) is 3.55. The molecule has 1 aromatic heterocycles. The number of carboxylic acids is 1. The first-order chi connectivity index (χ1) is 10.3. The van der Waals surface area contributed by atoms with Crippen LogP contribution >= 0.6 is 0 Å². The fraction of sp³-hybridized carbons (Fsp3) is 0.222. The molecule has 0 aliphatic rings. The standard InChI is InChI=1S/C18H19NO3/c1-11-7-12(2)18(13(3)8-11)19-10-15(5-6-17(21)22)16(20)9-14(19)4/h5-10H,1-4H3,(H,21,22)/b6-5+. The van der Waals surface area contributed by atoms with E-state index in [9.17, 15) is 9.59 Å². The molecule has 4 heteroatoms. The molecule has 1 heterocycles. The number of aromatic nitrogens is 1. The van der Waals surface area contributed by atoms with Crippen LogP contribution in [0.25, 0.3) is 11.8 Å². The molecule has 0 spiro atoms. The predicted octanol–water partition coefficient (Wildman–Crippen LogP) is 3.17. The molecule has 2 aromatic rings. The van der Waals surface area contributed by atoms with Crippen molar-refractivity contribution < 1.29 is 9.90 Å². The van der Waals surface area contributed by atoms with Gasteiger partial charge in [-0.3, -0.25) is 4.79 Å². The lowest BCUT2D eigenvalue weighted by Gasteiger charge is -2.17. The Balaban J connectivity index is 2.69. The van der Waals surface area contributed by atoms with Gasteiger partial charge in [0.15, 0.2) is 5.43 Å². The Kier molecular flexibility index (Phi) is 4.31. The molecule has 2 rings (SSSR count). The Morgan fingerprint density at radius 1 is 1.09 bits per heavy atom. The number of rotatable bonds is 3. The fourth-order valence-electron chi connectivity index (χ4n) is 2.73. The third-order valence-electron chi connectivity index (χ3n) is 3.55. The molecule has 0 saturated carbocycles. The maximum atomic E-state index is 12.0. The minimum atomic E-state index is -1.07. The van der Waals surface area contributed by atoms with Gasteiger partial charge in [0.05, 0.1) is 5.69 Å². The molecule has 0 aliphatic carbocycles. The molecule has 1 N–H and O–H groups in total. The van der Waals surface area contributed by atoms with Gasteiger partial charge in [0.25, 0.3) is 0 Å². The van der Waals surface area contributed by atoms with Crippen molar-refractivity contribution in [1.82, 2.24) is 4.57 Å². The largest absolute Gasteiger partial charge is 0.478 e. The monoisotopic (exact) mass is 297 g/mol. The lowest BCUT2D eigenvalue weighted by molar-refractivity contribution is -0.131. The summed E-state index contributed by atoms with van der Waals surface area (Å²) in [4.78, 5) is 22.7. The van der Waals surface area contributed by atoms with Crippen molar-refractivity contribution >= 4 is 12.0 Å². The summed E-state index contributed by atoms with van der Waals surface area (Å²) in [6.45, 7) is 7.97. The van der Waals surface area contributed by atoms with Crippen LogP contribution in [0.2, 0.25) is 0 Å². The van der Waals surface area contributed by atoms with Crippen LogP contribution in [0.1, 0.15) is 27.9 Å². The molecule has 22 heavy (non-hydrogen) atoms. The van der Waals surface area contributed by atoms with Gasteiger partial charge in [-0.25, -0.2) is 4.79 Å². The van der Waals surface area contributed by atoms with E-state index in [0.29, 0.717) is 5.56 Å². The first kappa shape index (κ1) is 15.8. The molecule has 0 bridgehead atoms. The van der Waals surface area contributed by atoms with E-state index in [1.165, 1.54) is 17.7 Å². The van der Waals surface area contributed by atoms with Gasteiger partial charge in [0.1, 0.15) is 0 Å². The van der Waals surface area contributed by atoms with E-state index in [1.807, 2.05) is 32.3 Å². The van der Waals surface area contributed by atoms with Gasteiger partial charge in [-0.1, -0.05) is 17.7 Å². The van der Waals surface area contributed by atoms with E-state index in [-0.39, 0.29) is 5.43 Å². The van der Waals surface area contributed by atoms with Gasteiger partial charge in [-0.15, -0.1) is 0 Å². The molecule has 0 radical (unpaired) electrons. The summed E-state index contributed by atoms with van der Waals surface area (Å²) in [5, 5.41) is 8.73. The highest BCUT2D eigenvalue weighted by atomic mass is 16.4. The maximum Gasteiger partial charge on any atom is 0.328 e. The summed E-state index contributed by atoms with van der Waals surface area (Å²) in [5.74, 6) is -1.07. The molecule has 0 unspecified atom stereocenters. The quantitative estimate of drug-likeness (QED) is 0.885. The number of carboxylic acid groups (broad SMARTS) is 1. The second-order valence-electron chi connectivity index (χ2n) is 5.52. The van der Waals surface area contributed by atoms with Gasteiger partial charge in [-0.2, -0.15) is 0 Å². The van der Waals surface area contributed by atoms with Crippen molar-refractivity contribution in [3.05, 3.63) is 68.6 Å². The number of benzene rings is 1. The van der Waals surface area contributed by atoms with E-state index in [0.717, 1.165) is 28.6 Å². The summed E-state index contributed by atoms with van der Waals surface area (Å²) in [5.41, 5.74) is 5.40. The van der Waals surface area contributed by atoms with Gasteiger partial charge >= 0.3 is 5.97 Å². The van der Waals surface area contributed by atoms with Crippen LogP contribution < -0.4 is 5.43 Å². The summed E-state index contributed by atoms with van der Waals surface area (Å²) in [6, 6.07) is 5.71. The molecule has 114 valence electrons. The molecule has 0 atom stereocenters. The van der Waals surface area contributed by atoms with E-state index in [4.69, 9.17) is 5.11 Å². The van der Waals surface area contributed by atoms with Crippen LogP contribution in [0.5, 0.6) is 0 Å². The topological polar surface area (TPSA) is 59.3 Å². The number of nitrogens with zero attached hydrogens (tertiary/aromatic N) is 1. The highest BCUT2D eigenvalue weighted by Crippen LogP contribution is 2.22. The maximum absolute atomic E-state index is 12.0. The van der Waals surface area contributed by atoms with Crippen LogP contribution in [0, 0.1) is 27.7 Å².